The van der Waals surface area contributed by atoms with Crippen molar-refractivity contribution in [2.75, 3.05) is 45.8 Å². The highest BCUT2D eigenvalue weighted by Crippen LogP contribution is 2.27. The molecule has 36 heavy (non-hydrogen) atoms. The van der Waals surface area contributed by atoms with Gasteiger partial charge >= 0.3 is 0 Å². The van der Waals surface area contributed by atoms with Crippen LogP contribution in [0.15, 0.2) is 48.7 Å². The van der Waals surface area contributed by atoms with Gasteiger partial charge in [-0.3, -0.25) is 14.4 Å². The molecule has 2 aromatic rings. The van der Waals surface area contributed by atoms with Crippen LogP contribution in [0.25, 0.3) is 0 Å². The van der Waals surface area contributed by atoms with Gasteiger partial charge in [-0.15, -0.1) is 0 Å². The Hall–Kier alpha value is -3.50. The monoisotopic (exact) mass is 498 g/mol. The summed E-state index contributed by atoms with van der Waals surface area (Å²) in [5.41, 5.74) is 0.634. The van der Waals surface area contributed by atoms with Gasteiger partial charge in [0.25, 0.3) is 0 Å². The van der Waals surface area contributed by atoms with Crippen molar-refractivity contribution in [3.63, 3.8) is 0 Å². The molecule has 1 aliphatic heterocycles. The predicted octanol–water partition coefficient (Wildman–Crippen LogP) is 2.32. The van der Waals surface area contributed by atoms with Gasteiger partial charge in [-0.05, 0) is 42.7 Å². The van der Waals surface area contributed by atoms with Gasteiger partial charge in [0.05, 0.1) is 19.8 Å². The number of rotatable bonds is 13. The molecular weight excluding hydrogens is 464 g/mol. The summed E-state index contributed by atoms with van der Waals surface area (Å²) in [5, 5.41) is 5.54. The van der Waals surface area contributed by atoms with E-state index >= 15 is 0 Å². The van der Waals surface area contributed by atoms with E-state index in [0.717, 1.165) is 12.8 Å². The lowest BCUT2D eigenvalue weighted by atomic mass is 10.0. The second-order valence-electron chi connectivity index (χ2n) is 8.40. The van der Waals surface area contributed by atoms with Crippen LogP contribution in [-0.4, -0.2) is 74.2 Å². The SMILES string of the molecule is COCCNC(=O)[C@H](c1ccc(OC)cc1)N(C[C@H]1CCCO1)C(=O)CCC(=O)Nc1ccccn1. The van der Waals surface area contributed by atoms with Gasteiger partial charge < -0.3 is 29.7 Å². The van der Waals surface area contributed by atoms with E-state index in [0.29, 0.717) is 36.9 Å². The first-order valence-electron chi connectivity index (χ1n) is 12.0. The molecule has 1 aromatic carbocycles. The van der Waals surface area contributed by atoms with Crippen LogP contribution < -0.4 is 15.4 Å². The van der Waals surface area contributed by atoms with Gasteiger partial charge in [-0.1, -0.05) is 18.2 Å². The third kappa shape index (κ3) is 8.03. The van der Waals surface area contributed by atoms with E-state index in [4.69, 9.17) is 14.2 Å². The predicted molar refractivity (Wildman–Crippen MR) is 133 cm³/mol. The molecule has 2 atom stereocenters. The number of hydrogen-bond donors (Lipinski definition) is 2. The van der Waals surface area contributed by atoms with Gasteiger partial charge in [0.15, 0.2) is 0 Å². The van der Waals surface area contributed by atoms with Crippen molar-refractivity contribution >= 4 is 23.5 Å². The number of anilines is 1. The maximum Gasteiger partial charge on any atom is 0.247 e. The van der Waals surface area contributed by atoms with Crippen molar-refractivity contribution < 1.29 is 28.6 Å². The maximum atomic E-state index is 13.5. The van der Waals surface area contributed by atoms with E-state index in [1.165, 1.54) is 4.90 Å². The van der Waals surface area contributed by atoms with Gasteiger partial charge in [-0.2, -0.15) is 0 Å². The van der Waals surface area contributed by atoms with E-state index in [1.807, 2.05) is 0 Å². The van der Waals surface area contributed by atoms with E-state index < -0.39 is 6.04 Å². The number of aromatic nitrogens is 1. The molecule has 1 saturated heterocycles. The smallest absolute Gasteiger partial charge is 0.247 e. The molecule has 0 saturated carbocycles. The van der Waals surface area contributed by atoms with Crippen LogP contribution in [0, 0.1) is 0 Å². The largest absolute Gasteiger partial charge is 0.497 e. The molecule has 3 amide bonds. The zero-order chi connectivity index (χ0) is 25.8. The van der Waals surface area contributed by atoms with Crippen molar-refractivity contribution in [3.8, 4) is 5.75 Å². The highest BCUT2D eigenvalue weighted by molar-refractivity contribution is 5.94. The molecule has 10 nitrogen and oxygen atoms in total. The van der Waals surface area contributed by atoms with Crippen LogP contribution in [-0.2, 0) is 23.9 Å². The molecule has 0 unspecified atom stereocenters. The Bertz CT molecular complexity index is 980. The molecule has 10 heteroatoms. The summed E-state index contributed by atoms with van der Waals surface area (Å²) in [6, 6.07) is 11.3. The fourth-order valence-electron chi connectivity index (χ4n) is 4.00. The summed E-state index contributed by atoms with van der Waals surface area (Å²) < 4.78 is 16.1. The Labute approximate surface area is 211 Å². The van der Waals surface area contributed by atoms with Crippen LogP contribution >= 0.6 is 0 Å². The lowest BCUT2D eigenvalue weighted by Gasteiger charge is -2.33. The summed E-state index contributed by atoms with van der Waals surface area (Å²) in [7, 11) is 3.11. The Morgan fingerprint density at radius 1 is 1.14 bits per heavy atom. The maximum absolute atomic E-state index is 13.5. The number of pyridine rings is 1. The number of ether oxygens (including phenoxy) is 3. The van der Waals surface area contributed by atoms with Crippen LogP contribution in [0.2, 0.25) is 0 Å². The van der Waals surface area contributed by atoms with Crippen molar-refractivity contribution in [1.29, 1.82) is 0 Å². The summed E-state index contributed by atoms with van der Waals surface area (Å²) in [6.45, 7) is 1.51. The zero-order valence-corrected chi connectivity index (χ0v) is 20.8. The van der Waals surface area contributed by atoms with Crippen molar-refractivity contribution in [1.82, 2.24) is 15.2 Å². The number of hydrogen-bond acceptors (Lipinski definition) is 7. The third-order valence-electron chi connectivity index (χ3n) is 5.84. The molecule has 0 aliphatic carbocycles. The molecule has 1 aromatic heterocycles. The first-order valence-corrected chi connectivity index (χ1v) is 12.0. The molecule has 2 N–H and O–H groups in total. The summed E-state index contributed by atoms with van der Waals surface area (Å²) in [5.74, 6) is 0.0795. The first kappa shape index (κ1) is 27.1. The Morgan fingerprint density at radius 3 is 2.58 bits per heavy atom. The summed E-state index contributed by atoms with van der Waals surface area (Å²) in [6.07, 6.45) is 2.98. The number of carbonyl (C=O) groups excluding carboxylic acids is 3. The lowest BCUT2D eigenvalue weighted by Crippen LogP contribution is -2.47. The first-order chi connectivity index (χ1) is 17.5. The number of amides is 3. The fourth-order valence-corrected chi connectivity index (χ4v) is 4.00. The van der Waals surface area contributed by atoms with Gasteiger partial charge in [-0.25, -0.2) is 4.98 Å². The number of benzene rings is 1. The average Bonchev–Trinajstić information content (AvgIpc) is 3.41. The number of methoxy groups -OCH3 is 2. The van der Waals surface area contributed by atoms with Gasteiger partial charge in [0, 0.05) is 45.8 Å². The van der Waals surface area contributed by atoms with E-state index in [9.17, 15) is 14.4 Å². The van der Waals surface area contributed by atoms with Crippen LogP contribution in [0.4, 0.5) is 5.82 Å². The molecule has 2 heterocycles. The fraction of sp³-hybridized carbons (Fsp3) is 0.462. The molecule has 1 fully saturated rings. The highest BCUT2D eigenvalue weighted by Gasteiger charge is 2.34. The van der Waals surface area contributed by atoms with Crippen LogP contribution in [0.1, 0.15) is 37.3 Å². The number of nitrogens with one attached hydrogen (secondary N) is 2. The van der Waals surface area contributed by atoms with E-state index in [1.54, 1.807) is 62.9 Å². The number of nitrogens with zero attached hydrogens (tertiary/aromatic N) is 2. The standard InChI is InChI=1S/C26H34N4O6/c1-34-17-15-28-26(33)25(19-8-10-20(35-2)11-9-19)30(18-21-6-5-16-36-21)24(32)13-12-23(31)29-22-7-3-4-14-27-22/h3-4,7-11,14,21,25H,5-6,12-13,15-18H2,1-2H3,(H,28,33)(H,27,29,31)/t21-,25+/m1/s1. The molecular formula is C26H34N4O6. The summed E-state index contributed by atoms with van der Waals surface area (Å²) >= 11 is 0. The minimum absolute atomic E-state index is 0.0436. The molecule has 0 radical (unpaired) electrons. The average molecular weight is 499 g/mol. The third-order valence-corrected chi connectivity index (χ3v) is 5.84. The Balaban J connectivity index is 1.80. The van der Waals surface area contributed by atoms with Gasteiger partial charge in [0.1, 0.15) is 17.6 Å². The molecule has 0 bridgehead atoms. The Morgan fingerprint density at radius 2 is 1.94 bits per heavy atom. The lowest BCUT2D eigenvalue weighted by molar-refractivity contribution is -0.143. The Kier molecular flexibility index (Phi) is 10.7. The van der Waals surface area contributed by atoms with Crippen LogP contribution in [0.5, 0.6) is 5.75 Å². The van der Waals surface area contributed by atoms with E-state index in [2.05, 4.69) is 15.6 Å². The van der Waals surface area contributed by atoms with Crippen molar-refractivity contribution in [2.45, 2.75) is 37.8 Å². The topological polar surface area (TPSA) is 119 Å². The minimum atomic E-state index is -0.900. The molecule has 194 valence electrons. The second-order valence-corrected chi connectivity index (χ2v) is 8.40. The van der Waals surface area contributed by atoms with E-state index in [-0.39, 0.29) is 43.2 Å². The summed E-state index contributed by atoms with van der Waals surface area (Å²) in [4.78, 5) is 44.9. The molecule has 1 aliphatic rings. The van der Waals surface area contributed by atoms with Gasteiger partial charge in [0.2, 0.25) is 17.7 Å². The zero-order valence-electron chi connectivity index (χ0n) is 20.8. The normalized spacial score (nSPS) is 15.7. The number of carbonyl (C=O) groups is 3. The second kappa shape index (κ2) is 14.2. The quantitative estimate of drug-likeness (QED) is 0.407. The minimum Gasteiger partial charge on any atom is -0.497 e. The highest BCUT2D eigenvalue weighted by atomic mass is 16.5. The molecule has 0 spiro atoms. The van der Waals surface area contributed by atoms with Crippen molar-refractivity contribution in [2.24, 2.45) is 0 Å². The van der Waals surface area contributed by atoms with Crippen molar-refractivity contribution in [3.05, 3.63) is 54.2 Å². The molecule has 3 rings (SSSR count). The van der Waals surface area contributed by atoms with Crippen LogP contribution in [0.3, 0.4) is 0 Å².